The van der Waals surface area contributed by atoms with Gasteiger partial charge in [-0.1, -0.05) is 30.3 Å². The van der Waals surface area contributed by atoms with Gasteiger partial charge in [-0.2, -0.15) is 0 Å². The van der Waals surface area contributed by atoms with Gasteiger partial charge in [-0.05, 0) is 45.0 Å². The molecular formula is C29H28N6O7. The quantitative estimate of drug-likeness (QED) is 0.248. The Morgan fingerprint density at radius 1 is 1.00 bits per heavy atom. The molecular weight excluding hydrogens is 544 g/mol. The van der Waals surface area contributed by atoms with Crippen molar-refractivity contribution in [2.24, 2.45) is 0 Å². The summed E-state index contributed by atoms with van der Waals surface area (Å²) in [6, 6.07) is 14.7. The number of imidazole rings is 1. The van der Waals surface area contributed by atoms with Gasteiger partial charge in [0.05, 0.1) is 23.0 Å². The Hall–Kier alpha value is -4.72. The largest absolute Gasteiger partial charge is 0.459 e. The van der Waals surface area contributed by atoms with E-state index in [9.17, 15) is 19.5 Å². The molecule has 2 aromatic heterocycles. The summed E-state index contributed by atoms with van der Waals surface area (Å²) in [5.41, 5.74) is 1.15. The number of fused-ring (bicyclic) bond motifs is 2. The van der Waals surface area contributed by atoms with Gasteiger partial charge in [0.15, 0.2) is 29.3 Å². The zero-order valence-corrected chi connectivity index (χ0v) is 23.0. The Balaban J connectivity index is 1.31. The number of esters is 1. The van der Waals surface area contributed by atoms with Crippen molar-refractivity contribution in [3.63, 3.8) is 0 Å². The molecule has 1 fully saturated rings. The third-order valence-corrected chi connectivity index (χ3v) is 6.81. The van der Waals surface area contributed by atoms with Crippen LogP contribution in [0, 0.1) is 0 Å². The molecule has 4 aromatic rings. The van der Waals surface area contributed by atoms with Crippen LogP contribution in [0.5, 0.6) is 0 Å². The molecule has 2 aliphatic rings. The Kier molecular flexibility index (Phi) is 6.93. The highest BCUT2D eigenvalue weighted by molar-refractivity contribution is 6.20. The maximum Gasteiger partial charge on any atom is 0.338 e. The summed E-state index contributed by atoms with van der Waals surface area (Å²) < 4.78 is 13.1. The molecule has 6 rings (SSSR count). The minimum absolute atomic E-state index is 0.180. The van der Waals surface area contributed by atoms with Gasteiger partial charge in [0.1, 0.15) is 25.1 Å². The third kappa shape index (κ3) is 4.98. The molecule has 1 saturated heterocycles. The van der Waals surface area contributed by atoms with E-state index in [0.29, 0.717) is 27.6 Å². The number of hydroxylamine groups is 2. The van der Waals surface area contributed by atoms with Gasteiger partial charge in [-0.3, -0.25) is 19.0 Å². The predicted octanol–water partition coefficient (Wildman–Crippen LogP) is 2.75. The number of amides is 2. The maximum atomic E-state index is 13.1. The number of aliphatic hydroxyl groups excluding tert-OH is 1. The number of ether oxygens (including phenoxy) is 2. The number of nitrogens with zero attached hydrogens (tertiary/aromatic N) is 5. The molecule has 13 nitrogen and oxygen atoms in total. The van der Waals surface area contributed by atoms with Crippen LogP contribution < -0.4 is 5.32 Å². The van der Waals surface area contributed by atoms with Gasteiger partial charge >= 0.3 is 5.97 Å². The number of nitrogens with one attached hydrogen (secondary N) is 1. The van der Waals surface area contributed by atoms with Gasteiger partial charge in [0, 0.05) is 5.54 Å². The van der Waals surface area contributed by atoms with E-state index in [4.69, 9.17) is 14.3 Å². The molecule has 2 N–H and O–H groups in total. The number of rotatable bonds is 7. The number of carbonyl (C=O) groups excluding carboxylic acids is 3. The van der Waals surface area contributed by atoms with Crippen molar-refractivity contribution in [1.29, 1.82) is 0 Å². The fourth-order valence-electron chi connectivity index (χ4n) is 4.88. The zero-order chi connectivity index (χ0) is 29.6. The van der Waals surface area contributed by atoms with Gasteiger partial charge in [0.2, 0.25) is 0 Å². The second-order valence-electron chi connectivity index (χ2n) is 11.0. The van der Waals surface area contributed by atoms with Crippen molar-refractivity contribution >= 4 is 34.8 Å². The van der Waals surface area contributed by atoms with E-state index in [-0.39, 0.29) is 23.3 Å². The van der Waals surface area contributed by atoms with E-state index in [1.807, 2.05) is 20.8 Å². The summed E-state index contributed by atoms with van der Waals surface area (Å²) in [4.78, 5) is 57.8. The number of imide groups is 1. The second kappa shape index (κ2) is 10.6. The molecule has 4 heterocycles. The Morgan fingerprint density at radius 3 is 2.33 bits per heavy atom. The van der Waals surface area contributed by atoms with Gasteiger partial charge in [-0.15, -0.1) is 5.06 Å². The summed E-state index contributed by atoms with van der Waals surface area (Å²) in [5, 5.41) is 15.3. The molecule has 13 heteroatoms. The summed E-state index contributed by atoms with van der Waals surface area (Å²) in [7, 11) is 0. The standard InChI is InChI=1S/C29H28N6O7/c1-29(2,3)33-23-20-24(31-14-30-23)34(15-32-20)27-22(42-35-25(37)17-11-7-8-12-18(17)26(35)38)21(36)19(41-27)13-40-28(39)16-9-5-4-6-10-16/h4-12,14-15,19,21-22,27,36H,13H2,1-3H3,(H,30,31,33)/t19-,21-,22-,27-/m1/s1. The maximum absolute atomic E-state index is 13.1. The van der Waals surface area contributed by atoms with Crippen LogP contribution in [0.2, 0.25) is 0 Å². The number of anilines is 1. The first-order chi connectivity index (χ1) is 20.1. The first-order valence-corrected chi connectivity index (χ1v) is 13.3. The van der Waals surface area contributed by atoms with E-state index in [2.05, 4.69) is 20.3 Å². The molecule has 216 valence electrons. The second-order valence-corrected chi connectivity index (χ2v) is 11.0. The molecule has 0 saturated carbocycles. The van der Waals surface area contributed by atoms with Crippen molar-refractivity contribution in [2.75, 3.05) is 11.9 Å². The third-order valence-electron chi connectivity index (χ3n) is 6.81. The minimum atomic E-state index is -1.42. The zero-order valence-electron chi connectivity index (χ0n) is 23.0. The van der Waals surface area contributed by atoms with Crippen LogP contribution in [0.3, 0.4) is 0 Å². The fourth-order valence-corrected chi connectivity index (χ4v) is 4.88. The minimum Gasteiger partial charge on any atom is -0.459 e. The molecule has 42 heavy (non-hydrogen) atoms. The predicted molar refractivity (Wildman–Crippen MR) is 147 cm³/mol. The molecule has 0 bridgehead atoms. The lowest BCUT2D eigenvalue weighted by Gasteiger charge is -2.25. The van der Waals surface area contributed by atoms with Crippen molar-refractivity contribution in [2.45, 2.75) is 50.8 Å². The van der Waals surface area contributed by atoms with Gasteiger partial charge in [-0.25, -0.2) is 19.7 Å². The molecule has 2 aromatic carbocycles. The van der Waals surface area contributed by atoms with Crippen LogP contribution in [0.15, 0.2) is 67.3 Å². The van der Waals surface area contributed by atoms with Crippen LogP contribution in [0.4, 0.5) is 5.82 Å². The first-order valence-electron chi connectivity index (χ1n) is 13.3. The summed E-state index contributed by atoms with van der Waals surface area (Å²) in [6.07, 6.45) is -2.10. The van der Waals surface area contributed by atoms with Crippen molar-refractivity contribution in [1.82, 2.24) is 24.6 Å². The normalized spacial score (nSPS) is 22.0. The Bertz CT molecular complexity index is 1630. The molecule has 0 aliphatic carbocycles. The lowest BCUT2D eigenvalue weighted by Crippen LogP contribution is -2.43. The Labute approximate surface area is 240 Å². The van der Waals surface area contributed by atoms with Gasteiger partial charge in [0.25, 0.3) is 11.8 Å². The fraction of sp³-hybridized carbons (Fsp3) is 0.310. The molecule has 0 spiro atoms. The highest BCUT2D eigenvalue weighted by Gasteiger charge is 2.50. The number of benzene rings is 2. The molecule has 0 unspecified atom stereocenters. The van der Waals surface area contributed by atoms with Gasteiger partial charge < -0.3 is 19.9 Å². The molecule has 2 aliphatic heterocycles. The van der Waals surface area contributed by atoms with E-state index in [1.165, 1.54) is 29.4 Å². The average Bonchev–Trinajstić information content (AvgIpc) is 3.61. The van der Waals surface area contributed by atoms with E-state index in [1.54, 1.807) is 42.5 Å². The number of hydrogen-bond acceptors (Lipinski definition) is 11. The van der Waals surface area contributed by atoms with Crippen LogP contribution in [0.1, 0.15) is 58.1 Å². The molecule has 4 atom stereocenters. The number of carbonyl (C=O) groups is 3. The van der Waals surface area contributed by atoms with E-state index < -0.39 is 42.3 Å². The van der Waals surface area contributed by atoms with Crippen molar-refractivity contribution in [3.8, 4) is 0 Å². The van der Waals surface area contributed by atoms with Crippen LogP contribution in [-0.2, 0) is 14.3 Å². The SMILES string of the molecule is CC(C)(C)Nc1ncnc2c1ncn2[C@@H]1O[C@H](COC(=O)c2ccccc2)[C@@H](O)[C@H]1ON1C(=O)c2ccccc2C1=O. The smallest absolute Gasteiger partial charge is 0.338 e. The first kappa shape index (κ1) is 27.4. The van der Waals surface area contributed by atoms with Crippen LogP contribution >= 0.6 is 0 Å². The molecule has 0 radical (unpaired) electrons. The number of hydrogen-bond donors (Lipinski definition) is 2. The Morgan fingerprint density at radius 2 is 1.67 bits per heavy atom. The summed E-state index contributed by atoms with van der Waals surface area (Å²) in [5.74, 6) is -1.47. The van der Waals surface area contributed by atoms with E-state index in [0.717, 1.165) is 0 Å². The van der Waals surface area contributed by atoms with E-state index >= 15 is 0 Å². The summed E-state index contributed by atoms with van der Waals surface area (Å²) >= 11 is 0. The highest BCUT2D eigenvalue weighted by atomic mass is 16.7. The number of aromatic nitrogens is 4. The van der Waals surface area contributed by atoms with Crippen molar-refractivity contribution in [3.05, 3.63) is 83.9 Å². The highest BCUT2D eigenvalue weighted by Crippen LogP contribution is 2.37. The van der Waals surface area contributed by atoms with Crippen LogP contribution in [0.25, 0.3) is 11.2 Å². The van der Waals surface area contributed by atoms with Crippen molar-refractivity contribution < 1.29 is 33.8 Å². The molecule has 2 amide bonds. The lowest BCUT2D eigenvalue weighted by molar-refractivity contribution is -0.177. The monoisotopic (exact) mass is 572 g/mol. The summed E-state index contributed by atoms with van der Waals surface area (Å²) in [6.45, 7) is 5.59. The number of aliphatic hydroxyl groups is 1. The average molecular weight is 573 g/mol. The lowest BCUT2D eigenvalue weighted by atomic mass is 10.1. The van der Waals surface area contributed by atoms with Crippen LogP contribution in [-0.4, -0.2) is 77.9 Å². The topological polar surface area (TPSA) is 158 Å².